The second-order valence-electron chi connectivity index (χ2n) is 6.83. The summed E-state index contributed by atoms with van der Waals surface area (Å²) in [6.07, 6.45) is 0.571. The number of fused-ring (bicyclic) bond motifs is 1. The van der Waals surface area contributed by atoms with Gasteiger partial charge < -0.3 is 16.2 Å². The molecule has 1 aromatic heterocycles. The first kappa shape index (κ1) is 18.6. The highest BCUT2D eigenvalue weighted by molar-refractivity contribution is 5.84. The summed E-state index contributed by atoms with van der Waals surface area (Å²) in [4.78, 5) is 12.0. The van der Waals surface area contributed by atoms with Crippen LogP contribution in [0.4, 0.5) is 11.4 Å². The van der Waals surface area contributed by atoms with E-state index in [1.54, 1.807) is 12.1 Å². The third-order valence-corrected chi connectivity index (χ3v) is 4.89. The van der Waals surface area contributed by atoms with Gasteiger partial charge in [-0.1, -0.05) is 30.3 Å². The number of hydrogen-bond donors (Lipinski definition) is 3. The molecular formula is C23H22N4O2. The fourth-order valence-corrected chi connectivity index (χ4v) is 3.44. The van der Waals surface area contributed by atoms with E-state index in [-0.39, 0.29) is 5.56 Å². The van der Waals surface area contributed by atoms with Crippen LogP contribution in [-0.4, -0.2) is 16.8 Å². The van der Waals surface area contributed by atoms with Gasteiger partial charge >= 0.3 is 0 Å². The van der Waals surface area contributed by atoms with Crippen molar-refractivity contribution in [1.82, 2.24) is 10.2 Å². The largest absolute Gasteiger partial charge is 0.493 e. The van der Waals surface area contributed by atoms with Crippen molar-refractivity contribution < 1.29 is 4.74 Å². The summed E-state index contributed by atoms with van der Waals surface area (Å²) in [6.45, 7) is 2.51. The monoisotopic (exact) mass is 386 g/mol. The second kappa shape index (κ2) is 7.67. The average molecular weight is 386 g/mol. The number of rotatable bonds is 5. The van der Waals surface area contributed by atoms with E-state index in [0.717, 1.165) is 33.5 Å². The van der Waals surface area contributed by atoms with E-state index in [2.05, 4.69) is 16.3 Å². The first-order valence-electron chi connectivity index (χ1n) is 9.44. The lowest BCUT2D eigenvalue weighted by Gasteiger charge is -2.14. The molecule has 0 unspecified atom stereocenters. The van der Waals surface area contributed by atoms with Crippen molar-refractivity contribution in [2.24, 2.45) is 0 Å². The molecule has 6 nitrogen and oxygen atoms in total. The van der Waals surface area contributed by atoms with Crippen LogP contribution in [0.2, 0.25) is 0 Å². The van der Waals surface area contributed by atoms with E-state index in [9.17, 15) is 4.79 Å². The SMILES string of the molecule is CCOc1ccc(Cc2n[nH]c(=O)c3ccccc23)cc1-c1ccc(N)c(N)c1. The first-order chi connectivity index (χ1) is 14.1. The second-order valence-corrected chi connectivity index (χ2v) is 6.83. The van der Waals surface area contributed by atoms with Crippen LogP contribution in [0.5, 0.6) is 5.75 Å². The van der Waals surface area contributed by atoms with Gasteiger partial charge in [0.15, 0.2) is 0 Å². The van der Waals surface area contributed by atoms with Gasteiger partial charge in [-0.05, 0) is 48.4 Å². The maximum absolute atomic E-state index is 12.0. The molecule has 4 rings (SSSR count). The molecule has 0 aliphatic rings. The Balaban J connectivity index is 1.79. The highest BCUT2D eigenvalue weighted by Crippen LogP contribution is 2.34. The van der Waals surface area contributed by atoms with Crippen LogP contribution in [0.25, 0.3) is 21.9 Å². The Morgan fingerprint density at radius 2 is 1.76 bits per heavy atom. The molecule has 0 amide bonds. The predicted molar refractivity (Wildman–Crippen MR) is 117 cm³/mol. The zero-order chi connectivity index (χ0) is 20.4. The molecule has 0 fully saturated rings. The van der Waals surface area contributed by atoms with Crippen LogP contribution in [0.15, 0.2) is 65.5 Å². The zero-order valence-electron chi connectivity index (χ0n) is 16.1. The lowest BCUT2D eigenvalue weighted by molar-refractivity contribution is 0.341. The Labute approximate surface area is 168 Å². The molecule has 3 aromatic carbocycles. The molecule has 29 heavy (non-hydrogen) atoms. The number of aromatic nitrogens is 2. The molecule has 5 N–H and O–H groups in total. The highest BCUT2D eigenvalue weighted by atomic mass is 16.5. The van der Waals surface area contributed by atoms with Crippen molar-refractivity contribution in [2.45, 2.75) is 13.3 Å². The number of nitrogens with one attached hydrogen (secondary N) is 1. The highest BCUT2D eigenvalue weighted by Gasteiger charge is 2.12. The van der Waals surface area contributed by atoms with Crippen LogP contribution in [0.3, 0.4) is 0 Å². The molecule has 0 aliphatic carbocycles. The Hall–Kier alpha value is -3.80. The smallest absolute Gasteiger partial charge is 0.272 e. The van der Waals surface area contributed by atoms with Gasteiger partial charge in [-0.15, -0.1) is 0 Å². The van der Waals surface area contributed by atoms with Gasteiger partial charge in [0.1, 0.15) is 5.75 Å². The van der Waals surface area contributed by atoms with Gasteiger partial charge in [0.25, 0.3) is 5.56 Å². The van der Waals surface area contributed by atoms with E-state index < -0.39 is 0 Å². The number of nitrogens with two attached hydrogens (primary N) is 2. The first-order valence-corrected chi connectivity index (χ1v) is 9.44. The molecule has 0 saturated heterocycles. The van der Waals surface area contributed by atoms with E-state index in [1.807, 2.05) is 49.4 Å². The molecule has 0 aliphatic heterocycles. The van der Waals surface area contributed by atoms with Gasteiger partial charge in [0, 0.05) is 17.4 Å². The number of nitrogens with zero attached hydrogens (tertiary/aromatic N) is 1. The molecule has 0 radical (unpaired) electrons. The molecular weight excluding hydrogens is 364 g/mol. The van der Waals surface area contributed by atoms with Crippen molar-refractivity contribution in [3.8, 4) is 16.9 Å². The number of aromatic amines is 1. The van der Waals surface area contributed by atoms with Gasteiger partial charge in [-0.3, -0.25) is 4.79 Å². The minimum Gasteiger partial charge on any atom is -0.493 e. The Morgan fingerprint density at radius 3 is 2.52 bits per heavy atom. The van der Waals surface area contributed by atoms with Crippen LogP contribution in [0.1, 0.15) is 18.2 Å². The Bertz CT molecular complexity index is 1250. The predicted octanol–water partition coefficient (Wildman–Crippen LogP) is 3.74. The zero-order valence-corrected chi connectivity index (χ0v) is 16.1. The van der Waals surface area contributed by atoms with E-state index in [0.29, 0.717) is 29.8 Å². The summed E-state index contributed by atoms with van der Waals surface area (Å²) < 4.78 is 5.82. The van der Waals surface area contributed by atoms with Crippen LogP contribution < -0.4 is 21.8 Å². The molecule has 1 heterocycles. The minimum atomic E-state index is -0.186. The summed E-state index contributed by atoms with van der Waals surface area (Å²) in [5.41, 5.74) is 16.5. The molecule has 6 heteroatoms. The maximum atomic E-state index is 12.0. The van der Waals surface area contributed by atoms with Crippen molar-refractivity contribution >= 4 is 22.1 Å². The number of ether oxygens (including phenoxy) is 1. The lowest BCUT2D eigenvalue weighted by atomic mass is 9.98. The van der Waals surface area contributed by atoms with Crippen molar-refractivity contribution in [1.29, 1.82) is 0 Å². The van der Waals surface area contributed by atoms with E-state index >= 15 is 0 Å². The fraction of sp³-hybridized carbons (Fsp3) is 0.130. The fourth-order valence-electron chi connectivity index (χ4n) is 3.44. The third kappa shape index (κ3) is 3.65. The van der Waals surface area contributed by atoms with Crippen LogP contribution in [0, 0.1) is 0 Å². The van der Waals surface area contributed by atoms with Gasteiger partial charge in [-0.2, -0.15) is 5.10 Å². The van der Waals surface area contributed by atoms with Crippen LogP contribution >= 0.6 is 0 Å². The summed E-state index contributed by atoms with van der Waals surface area (Å²) in [5.74, 6) is 0.778. The summed E-state index contributed by atoms with van der Waals surface area (Å²) in [5, 5.41) is 8.36. The van der Waals surface area contributed by atoms with Gasteiger partial charge in [0.05, 0.1) is 29.1 Å². The number of H-pyrrole nitrogens is 1. The lowest BCUT2D eigenvalue weighted by Crippen LogP contribution is -2.11. The third-order valence-electron chi connectivity index (χ3n) is 4.89. The molecule has 0 saturated carbocycles. The quantitative estimate of drug-likeness (QED) is 0.453. The standard InChI is InChI=1S/C23H22N4O2/c1-2-29-22-10-7-14(11-18(22)15-8-9-19(24)20(25)13-15)12-21-16-5-3-4-6-17(16)23(28)27-26-21/h3-11,13H,2,12,24-25H2,1H3,(H,27,28). The van der Waals surface area contributed by atoms with Crippen LogP contribution in [-0.2, 0) is 6.42 Å². The Morgan fingerprint density at radius 1 is 0.966 bits per heavy atom. The number of nitrogen functional groups attached to an aromatic ring is 2. The van der Waals surface area contributed by atoms with Gasteiger partial charge in [-0.25, -0.2) is 5.10 Å². The number of hydrogen-bond acceptors (Lipinski definition) is 5. The maximum Gasteiger partial charge on any atom is 0.272 e. The Kier molecular flexibility index (Phi) is 4.91. The topological polar surface area (TPSA) is 107 Å². The molecule has 0 atom stereocenters. The summed E-state index contributed by atoms with van der Waals surface area (Å²) in [6, 6.07) is 19.1. The molecule has 4 aromatic rings. The normalized spacial score (nSPS) is 10.9. The molecule has 146 valence electrons. The van der Waals surface area contributed by atoms with Gasteiger partial charge in [0.2, 0.25) is 0 Å². The summed E-state index contributed by atoms with van der Waals surface area (Å²) in [7, 11) is 0. The summed E-state index contributed by atoms with van der Waals surface area (Å²) >= 11 is 0. The van der Waals surface area contributed by atoms with Crippen molar-refractivity contribution in [2.75, 3.05) is 18.1 Å². The van der Waals surface area contributed by atoms with Crippen molar-refractivity contribution in [3.05, 3.63) is 82.3 Å². The average Bonchev–Trinajstić information content (AvgIpc) is 2.73. The minimum absolute atomic E-state index is 0.186. The number of anilines is 2. The van der Waals surface area contributed by atoms with Crippen molar-refractivity contribution in [3.63, 3.8) is 0 Å². The molecule has 0 spiro atoms. The number of benzene rings is 3. The molecule has 0 bridgehead atoms. The van der Waals surface area contributed by atoms with E-state index in [4.69, 9.17) is 16.2 Å². The van der Waals surface area contributed by atoms with E-state index in [1.165, 1.54) is 0 Å².